The maximum atomic E-state index is 5.80. The van der Waals surface area contributed by atoms with E-state index in [2.05, 4.69) is 17.2 Å². The molecule has 4 nitrogen and oxygen atoms in total. The highest BCUT2D eigenvalue weighted by molar-refractivity contribution is 5.85. The minimum Gasteiger partial charge on any atom is -0.436 e. The Morgan fingerprint density at radius 1 is 0.952 bits per heavy atom. The van der Waals surface area contributed by atoms with E-state index in [1.165, 1.54) is 5.56 Å². The number of rotatable bonds is 3. The van der Waals surface area contributed by atoms with Crippen LogP contribution in [0.4, 0.5) is 5.69 Å². The van der Waals surface area contributed by atoms with Crippen LogP contribution in [0.5, 0.6) is 11.6 Å². The molecule has 0 saturated heterocycles. The molecular weight excluding hydrogens is 286 g/mol. The molecule has 1 heterocycles. The van der Waals surface area contributed by atoms with Gasteiger partial charge in [-0.05, 0) is 23.3 Å². The normalized spacial score (nSPS) is 9.95. The Morgan fingerprint density at radius 2 is 1.57 bits per heavy atom. The Bertz CT molecular complexity index is 708. The number of halogens is 1. The zero-order valence-corrected chi connectivity index (χ0v) is 12.4. The molecule has 0 spiro atoms. The summed E-state index contributed by atoms with van der Waals surface area (Å²) in [6.07, 6.45) is 1.72. The molecule has 0 fully saturated rings. The molecule has 0 bridgehead atoms. The zero-order valence-electron chi connectivity index (χ0n) is 11.6. The largest absolute Gasteiger partial charge is 0.436 e. The van der Waals surface area contributed by atoms with Crippen molar-refractivity contribution >= 4 is 18.1 Å². The fraction of sp³-hybridized carbons (Fsp3) is 0.0625. The lowest BCUT2D eigenvalue weighted by atomic mass is 10.1. The summed E-state index contributed by atoms with van der Waals surface area (Å²) in [6, 6.07) is 18.1. The molecule has 3 rings (SSSR count). The van der Waals surface area contributed by atoms with Gasteiger partial charge in [0.15, 0.2) is 0 Å². The minimum absolute atomic E-state index is 0. The quantitative estimate of drug-likeness (QED) is 0.798. The van der Waals surface area contributed by atoms with Gasteiger partial charge in [-0.15, -0.1) is 17.5 Å². The van der Waals surface area contributed by atoms with Crippen LogP contribution in [-0.2, 0) is 7.05 Å². The van der Waals surface area contributed by atoms with Crippen LogP contribution in [0.25, 0.3) is 11.1 Å². The molecule has 0 unspecified atom stereocenters. The van der Waals surface area contributed by atoms with E-state index < -0.39 is 0 Å². The third-order valence-corrected chi connectivity index (χ3v) is 3.00. The molecule has 0 saturated carbocycles. The molecule has 2 N–H and O–H groups in total. The highest BCUT2D eigenvalue weighted by atomic mass is 35.5. The van der Waals surface area contributed by atoms with E-state index in [0.717, 1.165) is 11.3 Å². The van der Waals surface area contributed by atoms with Crippen molar-refractivity contribution in [3.05, 3.63) is 60.8 Å². The molecule has 0 atom stereocenters. The fourth-order valence-electron chi connectivity index (χ4n) is 2.02. The predicted octanol–water partition coefficient (Wildman–Crippen LogP) is 3.88. The number of anilines is 1. The minimum atomic E-state index is 0. The van der Waals surface area contributed by atoms with Crippen LogP contribution in [0, 0.1) is 0 Å². The fourth-order valence-corrected chi connectivity index (χ4v) is 2.02. The van der Waals surface area contributed by atoms with E-state index in [1.807, 2.05) is 49.5 Å². The van der Waals surface area contributed by atoms with Gasteiger partial charge in [0.05, 0.1) is 6.20 Å². The molecule has 3 aromatic rings. The van der Waals surface area contributed by atoms with E-state index >= 15 is 0 Å². The molecule has 21 heavy (non-hydrogen) atoms. The lowest BCUT2D eigenvalue weighted by Gasteiger charge is -2.05. The third kappa shape index (κ3) is 3.35. The first kappa shape index (κ1) is 14.9. The number of nitrogens with zero attached hydrogens (tertiary/aromatic N) is 2. The van der Waals surface area contributed by atoms with Gasteiger partial charge in [-0.25, -0.2) is 0 Å². The van der Waals surface area contributed by atoms with E-state index in [1.54, 1.807) is 10.9 Å². The molecular formula is C16H16ClN3O. The standard InChI is InChI=1S/C16H15N3O.ClH/c1-19-11-15(17)16(18-19)20-14-9-7-13(8-10-14)12-5-3-2-4-6-12;/h2-11H,17H2,1H3;1H. The van der Waals surface area contributed by atoms with E-state index in [9.17, 15) is 0 Å². The maximum absolute atomic E-state index is 5.80. The van der Waals surface area contributed by atoms with Crippen molar-refractivity contribution < 1.29 is 4.74 Å². The Labute approximate surface area is 129 Å². The van der Waals surface area contributed by atoms with Crippen molar-refractivity contribution in [3.63, 3.8) is 0 Å². The van der Waals surface area contributed by atoms with Gasteiger partial charge in [-0.1, -0.05) is 42.5 Å². The number of aromatic nitrogens is 2. The number of aryl methyl sites for hydroxylation is 1. The van der Waals surface area contributed by atoms with Gasteiger partial charge in [0.1, 0.15) is 11.4 Å². The van der Waals surface area contributed by atoms with E-state index in [4.69, 9.17) is 10.5 Å². The topological polar surface area (TPSA) is 53.1 Å². The van der Waals surface area contributed by atoms with Gasteiger partial charge in [-0.3, -0.25) is 4.68 Å². The van der Waals surface area contributed by atoms with Crippen LogP contribution in [0.2, 0.25) is 0 Å². The molecule has 0 aliphatic carbocycles. The van der Waals surface area contributed by atoms with Crippen molar-refractivity contribution in [1.82, 2.24) is 9.78 Å². The lowest BCUT2D eigenvalue weighted by Crippen LogP contribution is -1.91. The third-order valence-electron chi connectivity index (χ3n) is 3.00. The van der Waals surface area contributed by atoms with Crippen LogP contribution in [-0.4, -0.2) is 9.78 Å². The number of nitrogens with two attached hydrogens (primary N) is 1. The Hall–Kier alpha value is -2.46. The average molecular weight is 302 g/mol. The number of benzene rings is 2. The predicted molar refractivity (Wildman–Crippen MR) is 86.8 cm³/mol. The van der Waals surface area contributed by atoms with Crippen LogP contribution >= 0.6 is 12.4 Å². The molecule has 0 amide bonds. The molecule has 2 aromatic carbocycles. The van der Waals surface area contributed by atoms with Crippen molar-refractivity contribution in [1.29, 1.82) is 0 Å². The molecule has 0 aliphatic rings. The van der Waals surface area contributed by atoms with Gasteiger partial charge in [0.25, 0.3) is 5.88 Å². The second-order valence-electron chi connectivity index (χ2n) is 4.56. The van der Waals surface area contributed by atoms with E-state index in [0.29, 0.717) is 11.6 Å². The second kappa shape index (κ2) is 6.33. The number of ether oxygens (including phenoxy) is 1. The zero-order chi connectivity index (χ0) is 13.9. The molecule has 0 radical (unpaired) electrons. The smallest absolute Gasteiger partial charge is 0.261 e. The van der Waals surface area contributed by atoms with Crippen LogP contribution in [0.15, 0.2) is 60.8 Å². The summed E-state index contributed by atoms with van der Waals surface area (Å²) in [7, 11) is 1.81. The monoisotopic (exact) mass is 301 g/mol. The van der Waals surface area contributed by atoms with Crippen molar-refractivity contribution in [3.8, 4) is 22.8 Å². The summed E-state index contributed by atoms with van der Waals surface area (Å²) in [5.74, 6) is 1.15. The molecule has 108 valence electrons. The van der Waals surface area contributed by atoms with Crippen molar-refractivity contribution in [2.24, 2.45) is 7.05 Å². The van der Waals surface area contributed by atoms with Crippen LogP contribution < -0.4 is 10.5 Å². The maximum Gasteiger partial charge on any atom is 0.261 e. The van der Waals surface area contributed by atoms with Gasteiger partial charge < -0.3 is 10.5 Å². The summed E-state index contributed by atoms with van der Waals surface area (Å²) in [5, 5.41) is 4.16. The Balaban J connectivity index is 0.00000161. The van der Waals surface area contributed by atoms with E-state index in [-0.39, 0.29) is 12.4 Å². The highest BCUT2D eigenvalue weighted by Crippen LogP contribution is 2.27. The van der Waals surface area contributed by atoms with Gasteiger partial charge in [-0.2, -0.15) is 0 Å². The second-order valence-corrected chi connectivity index (χ2v) is 4.56. The van der Waals surface area contributed by atoms with Gasteiger partial charge in [0, 0.05) is 7.05 Å². The Morgan fingerprint density at radius 3 is 2.14 bits per heavy atom. The summed E-state index contributed by atoms with van der Waals surface area (Å²) in [5.41, 5.74) is 8.65. The Kier molecular flexibility index (Phi) is 4.50. The summed E-state index contributed by atoms with van der Waals surface area (Å²) >= 11 is 0. The van der Waals surface area contributed by atoms with Crippen molar-refractivity contribution in [2.75, 3.05) is 5.73 Å². The highest BCUT2D eigenvalue weighted by Gasteiger charge is 2.06. The summed E-state index contributed by atoms with van der Waals surface area (Å²) in [6.45, 7) is 0. The summed E-state index contributed by atoms with van der Waals surface area (Å²) in [4.78, 5) is 0. The number of nitrogen functional groups attached to an aromatic ring is 1. The van der Waals surface area contributed by atoms with Crippen LogP contribution in [0.1, 0.15) is 0 Å². The van der Waals surface area contributed by atoms with Gasteiger partial charge >= 0.3 is 0 Å². The summed E-state index contributed by atoms with van der Waals surface area (Å²) < 4.78 is 7.29. The number of hydrogen-bond donors (Lipinski definition) is 1. The lowest BCUT2D eigenvalue weighted by molar-refractivity contribution is 0.456. The molecule has 0 aliphatic heterocycles. The first-order chi connectivity index (χ1) is 9.72. The first-order valence-corrected chi connectivity index (χ1v) is 6.35. The average Bonchev–Trinajstić information content (AvgIpc) is 2.79. The molecule has 5 heteroatoms. The van der Waals surface area contributed by atoms with Crippen LogP contribution in [0.3, 0.4) is 0 Å². The van der Waals surface area contributed by atoms with Gasteiger partial charge in [0.2, 0.25) is 0 Å². The SMILES string of the molecule is Cl.Cn1cc(N)c(Oc2ccc(-c3ccccc3)cc2)n1. The molecule has 1 aromatic heterocycles. The van der Waals surface area contributed by atoms with Crippen molar-refractivity contribution in [2.45, 2.75) is 0 Å². The number of hydrogen-bond acceptors (Lipinski definition) is 3. The first-order valence-electron chi connectivity index (χ1n) is 6.35.